The lowest BCUT2D eigenvalue weighted by atomic mass is 10.0. The van der Waals surface area contributed by atoms with Crippen LogP contribution in [0.15, 0.2) is 24.3 Å². The molecule has 1 heterocycles. The summed E-state index contributed by atoms with van der Waals surface area (Å²) in [5.74, 6) is 0.117. The van der Waals surface area contributed by atoms with E-state index < -0.39 is 27.7 Å². The molecule has 1 aromatic rings. The van der Waals surface area contributed by atoms with Crippen LogP contribution in [0, 0.1) is 5.92 Å². The molecule has 0 spiro atoms. The van der Waals surface area contributed by atoms with E-state index in [0.717, 1.165) is 31.4 Å². The van der Waals surface area contributed by atoms with Gasteiger partial charge in [0.1, 0.15) is 11.9 Å². The fraction of sp³-hybridized carbons (Fsp3) is 0.571. The van der Waals surface area contributed by atoms with Gasteiger partial charge in [0.05, 0.1) is 11.3 Å². The van der Waals surface area contributed by atoms with Crippen LogP contribution in [-0.2, 0) is 16.0 Å². The standard InChI is InChI=1S/C14H18F3NO3S/c1-22(19,20)9-13(10-6-7-18-8-10)21-12-4-2-11(3-5-12)14(15,16)17/h2-5,10,13,18H,6-9H2,1H3/t10-,13?/m0/s1. The van der Waals surface area contributed by atoms with Gasteiger partial charge in [-0.25, -0.2) is 8.42 Å². The molecular formula is C14H18F3NO3S. The first-order valence-corrected chi connectivity index (χ1v) is 8.93. The van der Waals surface area contributed by atoms with Crippen molar-refractivity contribution in [1.82, 2.24) is 5.32 Å². The first kappa shape index (κ1) is 17.1. The molecule has 2 atom stereocenters. The van der Waals surface area contributed by atoms with E-state index in [-0.39, 0.29) is 17.4 Å². The van der Waals surface area contributed by atoms with Gasteiger partial charge in [0.15, 0.2) is 9.84 Å². The summed E-state index contributed by atoms with van der Waals surface area (Å²) in [5, 5.41) is 3.13. The molecule has 0 radical (unpaired) electrons. The minimum atomic E-state index is -4.40. The minimum absolute atomic E-state index is 0.0250. The third kappa shape index (κ3) is 4.88. The van der Waals surface area contributed by atoms with Gasteiger partial charge in [0, 0.05) is 18.7 Å². The third-order valence-electron chi connectivity index (χ3n) is 3.56. The SMILES string of the molecule is CS(=O)(=O)CC(Oc1ccc(C(F)(F)F)cc1)[C@H]1CCNC1. The van der Waals surface area contributed by atoms with Crippen molar-refractivity contribution in [3.8, 4) is 5.75 Å². The number of sulfone groups is 1. The number of hydrogen-bond donors (Lipinski definition) is 1. The molecule has 4 nitrogen and oxygen atoms in total. The molecule has 1 aliphatic rings. The summed E-state index contributed by atoms with van der Waals surface area (Å²) in [6, 6.07) is 4.31. The lowest BCUT2D eigenvalue weighted by Gasteiger charge is -2.24. The molecule has 1 fully saturated rings. The zero-order valence-corrected chi connectivity index (χ0v) is 12.9. The van der Waals surface area contributed by atoms with Gasteiger partial charge >= 0.3 is 6.18 Å². The van der Waals surface area contributed by atoms with Crippen LogP contribution in [0.4, 0.5) is 13.2 Å². The Labute approximate surface area is 127 Å². The lowest BCUT2D eigenvalue weighted by Crippen LogP contribution is -2.35. The molecule has 8 heteroatoms. The topological polar surface area (TPSA) is 55.4 Å². The van der Waals surface area contributed by atoms with Crippen LogP contribution in [-0.4, -0.2) is 39.6 Å². The van der Waals surface area contributed by atoms with Crippen molar-refractivity contribution in [3.05, 3.63) is 29.8 Å². The predicted molar refractivity (Wildman–Crippen MR) is 76.5 cm³/mol. The van der Waals surface area contributed by atoms with Gasteiger partial charge in [-0.3, -0.25) is 0 Å². The van der Waals surface area contributed by atoms with Crippen molar-refractivity contribution < 1.29 is 26.3 Å². The quantitative estimate of drug-likeness (QED) is 0.894. The smallest absolute Gasteiger partial charge is 0.416 e. The number of alkyl halides is 3. The van der Waals surface area contributed by atoms with Crippen LogP contribution in [0.25, 0.3) is 0 Å². The molecule has 1 unspecified atom stereocenters. The van der Waals surface area contributed by atoms with Crippen molar-refractivity contribution in [1.29, 1.82) is 0 Å². The Bertz CT molecular complexity index is 593. The first-order valence-electron chi connectivity index (χ1n) is 6.87. The Morgan fingerprint density at radius 3 is 2.41 bits per heavy atom. The highest BCUT2D eigenvalue weighted by Crippen LogP contribution is 2.31. The van der Waals surface area contributed by atoms with Gasteiger partial charge in [-0.15, -0.1) is 0 Å². The maximum Gasteiger partial charge on any atom is 0.416 e. The van der Waals surface area contributed by atoms with E-state index in [2.05, 4.69) is 5.32 Å². The maximum absolute atomic E-state index is 12.5. The molecule has 1 saturated heterocycles. The second-order valence-corrected chi connectivity index (χ2v) is 7.71. The van der Waals surface area contributed by atoms with Crippen LogP contribution in [0.5, 0.6) is 5.75 Å². The highest BCUT2D eigenvalue weighted by atomic mass is 32.2. The van der Waals surface area contributed by atoms with E-state index in [0.29, 0.717) is 6.54 Å². The van der Waals surface area contributed by atoms with Gasteiger partial charge in [-0.05, 0) is 37.2 Å². The Kier molecular flexibility index (Phi) is 5.01. The lowest BCUT2D eigenvalue weighted by molar-refractivity contribution is -0.137. The number of hydrogen-bond acceptors (Lipinski definition) is 4. The highest BCUT2D eigenvalue weighted by molar-refractivity contribution is 7.90. The molecule has 1 aromatic carbocycles. The molecular weight excluding hydrogens is 319 g/mol. The monoisotopic (exact) mass is 337 g/mol. The molecule has 1 aliphatic heterocycles. The molecule has 22 heavy (non-hydrogen) atoms. The number of rotatable bonds is 5. The normalized spacial score (nSPS) is 20.8. The molecule has 2 rings (SSSR count). The maximum atomic E-state index is 12.5. The van der Waals surface area contributed by atoms with Crippen LogP contribution in [0.1, 0.15) is 12.0 Å². The Morgan fingerprint density at radius 2 is 1.95 bits per heavy atom. The third-order valence-corrected chi connectivity index (χ3v) is 4.49. The zero-order chi connectivity index (χ0) is 16.4. The molecule has 0 aliphatic carbocycles. The van der Waals surface area contributed by atoms with E-state index in [1.165, 1.54) is 12.1 Å². The van der Waals surface area contributed by atoms with Crippen molar-refractivity contribution in [2.24, 2.45) is 5.92 Å². The van der Waals surface area contributed by atoms with Crippen molar-refractivity contribution in [2.45, 2.75) is 18.7 Å². The second-order valence-electron chi connectivity index (χ2n) is 5.52. The van der Waals surface area contributed by atoms with E-state index in [9.17, 15) is 21.6 Å². The summed E-state index contributed by atoms with van der Waals surface area (Å²) < 4.78 is 66.3. The van der Waals surface area contributed by atoms with E-state index >= 15 is 0 Å². The van der Waals surface area contributed by atoms with Gasteiger partial charge in [-0.2, -0.15) is 13.2 Å². The number of ether oxygens (including phenoxy) is 1. The van der Waals surface area contributed by atoms with Crippen LogP contribution in [0.2, 0.25) is 0 Å². The van der Waals surface area contributed by atoms with Crippen molar-refractivity contribution >= 4 is 9.84 Å². The number of halogens is 3. The summed E-state index contributed by atoms with van der Waals surface area (Å²) in [7, 11) is -3.25. The number of nitrogens with one attached hydrogen (secondary N) is 1. The predicted octanol–water partition coefficient (Wildman–Crippen LogP) is 2.11. The molecule has 0 saturated carbocycles. The summed E-state index contributed by atoms with van der Waals surface area (Å²) in [4.78, 5) is 0. The minimum Gasteiger partial charge on any atom is -0.489 e. The highest BCUT2D eigenvalue weighted by Gasteiger charge is 2.31. The summed E-state index contributed by atoms with van der Waals surface area (Å²) >= 11 is 0. The van der Waals surface area contributed by atoms with Gasteiger partial charge in [0.2, 0.25) is 0 Å². The summed E-state index contributed by atoms with van der Waals surface area (Å²) in [6.07, 6.45) is -3.07. The first-order chi connectivity index (χ1) is 10.1. The fourth-order valence-corrected chi connectivity index (χ4v) is 3.39. The molecule has 0 aromatic heterocycles. The molecule has 124 valence electrons. The van der Waals surface area contributed by atoms with Gasteiger partial charge in [-0.1, -0.05) is 0 Å². The van der Waals surface area contributed by atoms with E-state index in [1.54, 1.807) is 0 Å². The Hall–Kier alpha value is -1.28. The van der Waals surface area contributed by atoms with Crippen LogP contribution < -0.4 is 10.1 Å². The van der Waals surface area contributed by atoms with E-state index in [4.69, 9.17) is 4.74 Å². The summed E-state index contributed by atoms with van der Waals surface area (Å²) in [5.41, 5.74) is -0.762. The summed E-state index contributed by atoms with van der Waals surface area (Å²) in [6.45, 7) is 1.42. The van der Waals surface area contributed by atoms with Crippen LogP contribution >= 0.6 is 0 Å². The van der Waals surface area contributed by atoms with Crippen molar-refractivity contribution in [2.75, 3.05) is 25.1 Å². The van der Waals surface area contributed by atoms with Gasteiger partial charge < -0.3 is 10.1 Å². The second kappa shape index (κ2) is 6.45. The van der Waals surface area contributed by atoms with Crippen LogP contribution in [0.3, 0.4) is 0 Å². The zero-order valence-electron chi connectivity index (χ0n) is 12.1. The van der Waals surface area contributed by atoms with Gasteiger partial charge in [0.25, 0.3) is 0 Å². The Balaban J connectivity index is 2.12. The average molecular weight is 337 g/mol. The number of benzene rings is 1. The molecule has 0 amide bonds. The van der Waals surface area contributed by atoms with Crippen molar-refractivity contribution in [3.63, 3.8) is 0 Å². The molecule has 0 bridgehead atoms. The molecule has 1 N–H and O–H groups in total. The Morgan fingerprint density at radius 1 is 1.32 bits per heavy atom. The van der Waals surface area contributed by atoms with E-state index in [1.807, 2.05) is 0 Å². The fourth-order valence-electron chi connectivity index (χ4n) is 2.46. The average Bonchev–Trinajstić information content (AvgIpc) is 2.89. The largest absolute Gasteiger partial charge is 0.489 e.